The molecule has 0 aliphatic carbocycles. The normalized spacial score (nSPS) is 12.4. The van der Waals surface area contributed by atoms with Crippen molar-refractivity contribution < 1.29 is 5.11 Å². The Balaban J connectivity index is 2.07. The highest BCUT2D eigenvalue weighted by Gasteiger charge is 2.13. The van der Waals surface area contributed by atoms with Gasteiger partial charge in [0.2, 0.25) is 5.88 Å². The molecule has 0 saturated carbocycles. The molecular weight excluding hydrogens is 358 g/mol. The highest BCUT2D eigenvalue weighted by atomic mass is 32.1. The van der Waals surface area contributed by atoms with Crippen LogP contribution in [-0.2, 0) is 0 Å². The molecule has 6 heteroatoms. The lowest BCUT2D eigenvalue weighted by atomic mass is 10.1. The Hall–Kier alpha value is -2.99. The van der Waals surface area contributed by atoms with Gasteiger partial charge in [0.25, 0.3) is 5.56 Å². The van der Waals surface area contributed by atoms with E-state index >= 15 is 0 Å². The molecule has 1 atom stereocenters. The predicted molar refractivity (Wildman–Crippen MR) is 111 cm³/mol. The maximum Gasteiger partial charge on any atom is 0.264 e. The second-order valence-corrected chi connectivity index (χ2v) is 6.85. The molecule has 3 rings (SSSR count). The molecule has 0 radical (unpaired) electrons. The summed E-state index contributed by atoms with van der Waals surface area (Å²) in [4.78, 5) is 19.4. The van der Waals surface area contributed by atoms with E-state index in [1.165, 1.54) is 10.8 Å². The first-order valence-electron chi connectivity index (χ1n) is 8.62. The summed E-state index contributed by atoms with van der Waals surface area (Å²) < 4.78 is 1.58. The van der Waals surface area contributed by atoms with Crippen LogP contribution in [0.4, 0.5) is 0 Å². The van der Waals surface area contributed by atoms with Crippen molar-refractivity contribution in [2.24, 2.45) is 4.99 Å². The van der Waals surface area contributed by atoms with Gasteiger partial charge in [-0.1, -0.05) is 36.4 Å². The first-order chi connectivity index (χ1) is 12.9. The lowest BCUT2D eigenvalue weighted by Crippen LogP contribution is -2.18. The van der Waals surface area contributed by atoms with Crippen LogP contribution < -0.4 is 5.56 Å². The Kier molecular flexibility index (Phi) is 5.37. The lowest BCUT2D eigenvalue weighted by Gasteiger charge is -2.13. The molecule has 1 heterocycles. The molecule has 0 aliphatic heterocycles. The van der Waals surface area contributed by atoms with Gasteiger partial charge in [-0.15, -0.1) is 0 Å². The summed E-state index contributed by atoms with van der Waals surface area (Å²) in [6.07, 6.45) is 1.40. The molecule has 0 unspecified atom stereocenters. The number of H-pyrrole nitrogens is 1. The zero-order valence-corrected chi connectivity index (χ0v) is 16.2. The van der Waals surface area contributed by atoms with Crippen molar-refractivity contribution in [3.8, 4) is 11.6 Å². The first kappa shape index (κ1) is 18.8. The Morgan fingerprint density at radius 3 is 2.52 bits per heavy atom. The van der Waals surface area contributed by atoms with E-state index in [0.29, 0.717) is 5.69 Å². The van der Waals surface area contributed by atoms with E-state index in [4.69, 9.17) is 12.2 Å². The van der Waals surface area contributed by atoms with Crippen molar-refractivity contribution in [2.75, 3.05) is 0 Å². The second-order valence-electron chi connectivity index (χ2n) is 6.47. The summed E-state index contributed by atoms with van der Waals surface area (Å²) in [6.45, 7) is 5.92. The highest BCUT2D eigenvalue weighted by molar-refractivity contribution is 7.71. The molecule has 2 aromatic carbocycles. The van der Waals surface area contributed by atoms with Crippen LogP contribution in [0.25, 0.3) is 5.69 Å². The number of aromatic nitrogens is 2. The number of nitrogens with one attached hydrogen (secondary N) is 1. The largest absolute Gasteiger partial charge is 0.494 e. The Morgan fingerprint density at radius 2 is 1.85 bits per heavy atom. The Bertz CT molecular complexity index is 1110. The number of aryl methyl sites for hydroxylation is 2. The fourth-order valence-corrected chi connectivity index (χ4v) is 3.05. The molecular formula is C21H21N3O2S. The SMILES string of the molecule is Cc1ccc(-n2c(O)c(C=N[C@@H](C)c3ccccc3)c(=O)[nH]c2=S)cc1C. The predicted octanol–water partition coefficient (Wildman–Crippen LogP) is 4.40. The van der Waals surface area contributed by atoms with Gasteiger partial charge in [-0.2, -0.15) is 0 Å². The maximum absolute atomic E-state index is 12.3. The number of rotatable bonds is 4. The topological polar surface area (TPSA) is 70.4 Å². The average molecular weight is 379 g/mol. The van der Waals surface area contributed by atoms with E-state index in [0.717, 1.165) is 16.7 Å². The lowest BCUT2D eigenvalue weighted by molar-refractivity contribution is 0.432. The molecule has 5 nitrogen and oxygen atoms in total. The smallest absolute Gasteiger partial charge is 0.264 e. The molecule has 0 aliphatic rings. The van der Waals surface area contributed by atoms with Crippen molar-refractivity contribution >= 4 is 18.4 Å². The minimum absolute atomic E-state index is 0.0737. The zero-order chi connectivity index (χ0) is 19.6. The number of aromatic hydroxyl groups is 1. The van der Waals surface area contributed by atoms with Gasteiger partial charge in [-0.05, 0) is 61.8 Å². The molecule has 0 spiro atoms. The van der Waals surface area contributed by atoms with Crippen molar-refractivity contribution in [3.05, 3.63) is 85.9 Å². The van der Waals surface area contributed by atoms with E-state index in [1.54, 1.807) is 0 Å². The van der Waals surface area contributed by atoms with E-state index in [2.05, 4.69) is 9.98 Å². The molecule has 3 aromatic rings. The van der Waals surface area contributed by atoms with Crippen LogP contribution in [0.15, 0.2) is 58.3 Å². The van der Waals surface area contributed by atoms with Gasteiger partial charge in [-0.3, -0.25) is 19.3 Å². The highest BCUT2D eigenvalue weighted by Crippen LogP contribution is 2.22. The summed E-state index contributed by atoms with van der Waals surface area (Å²) in [6, 6.07) is 15.3. The van der Waals surface area contributed by atoms with E-state index in [1.807, 2.05) is 69.3 Å². The third-order valence-corrected chi connectivity index (χ3v) is 4.86. The molecule has 1 aromatic heterocycles. The van der Waals surface area contributed by atoms with Gasteiger partial charge in [0, 0.05) is 6.21 Å². The first-order valence-corrected chi connectivity index (χ1v) is 9.03. The van der Waals surface area contributed by atoms with Crippen molar-refractivity contribution in [1.82, 2.24) is 9.55 Å². The fraction of sp³-hybridized carbons (Fsp3) is 0.190. The number of nitrogens with zero attached hydrogens (tertiary/aromatic N) is 2. The third-order valence-electron chi connectivity index (χ3n) is 4.58. The zero-order valence-electron chi connectivity index (χ0n) is 15.4. The quantitative estimate of drug-likeness (QED) is 0.521. The van der Waals surface area contributed by atoms with E-state index in [-0.39, 0.29) is 22.3 Å². The summed E-state index contributed by atoms with van der Waals surface area (Å²) in [7, 11) is 0. The van der Waals surface area contributed by atoms with Crippen LogP contribution in [0.3, 0.4) is 0 Å². The monoisotopic (exact) mass is 379 g/mol. The minimum Gasteiger partial charge on any atom is -0.494 e. The number of aliphatic imine (C=N–C) groups is 1. The average Bonchev–Trinajstić information content (AvgIpc) is 2.64. The van der Waals surface area contributed by atoms with Crippen LogP contribution in [0.5, 0.6) is 5.88 Å². The standard InChI is InChI=1S/C21H21N3O2S/c1-13-9-10-17(11-14(13)2)24-20(26)18(19(25)23-21(24)27)12-22-15(3)16-7-5-4-6-8-16/h4-12,15,26H,1-3H3,(H,23,25,27)/t15-/m0/s1. The van der Waals surface area contributed by atoms with Crippen LogP contribution in [-0.4, -0.2) is 20.9 Å². The van der Waals surface area contributed by atoms with Crippen molar-refractivity contribution in [1.29, 1.82) is 0 Å². The van der Waals surface area contributed by atoms with Gasteiger partial charge in [0.15, 0.2) is 4.77 Å². The number of benzene rings is 2. The number of hydrogen-bond donors (Lipinski definition) is 2. The molecule has 2 N–H and O–H groups in total. The second kappa shape index (κ2) is 7.72. The van der Waals surface area contributed by atoms with E-state index < -0.39 is 5.56 Å². The molecule has 0 bridgehead atoms. The summed E-state index contributed by atoms with van der Waals surface area (Å²) in [5.74, 6) is -0.226. The molecule has 0 fully saturated rings. The van der Waals surface area contributed by atoms with Crippen molar-refractivity contribution in [3.63, 3.8) is 0 Å². The van der Waals surface area contributed by atoms with Gasteiger partial charge in [-0.25, -0.2) is 0 Å². The van der Waals surface area contributed by atoms with Crippen LogP contribution in [0, 0.1) is 18.6 Å². The number of hydrogen-bond acceptors (Lipinski definition) is 4. The summed E-state index contributed by atoms with van der Waals surface area (Å²) in [5.41, 5.74) is 3.50. The summed E-state index contributed by atoms with van der Waals surface area (Å²) >= 11 is 5.26. The number of aromatic amines is 1. The van der Waals surface area contributed by atoms with E-state index in [9.17, 15) is 9.90 Å². The molecule has 27 heavy (non-hydrogen) atoms. The van der Waals surface area contributed by atoms with Gasteiger partial charge >= 0.3 is 0 Å². The van der Waals surface area contributed by atoms with Crippen LogP contribution >= 0.6 is 12.2 Å². The van der Waals surface area contributed by atoms with Crippen LogP contribution in [0.2, 0.25) is 0 Å². The van der Waals surface area contributed by atoms with Crippen LogP contribution in [0.1, 0.15) is 35.2 Å². The Labute approximate surface area is 162 Å². The van der Waals surface area contributed by atoms with Crippen molar-refractivity contribution in [2.45, 2.75) is 26.8 Å². The summed E-state index contributed by atoms with van der Waals surface area (Å²) in [5, 5.41) is 10.7. The Morgan fingerprint density at radius 1 is 1.15 bits per heavy atom. The molecule has 0 saturated heterocycles. The maximum atomic E-state index is 12.3. The van der Waals surface area contributed by atoms with Gasteiger partial charge in [0.05, 0.1) is 11.7 Å². The molecule has 0 amide bonds. The van der Waals surface area contributed by atoms with Gasteiger partial charge in [0.1, 0.15) is 5.56 Å². The third kappa shape index (κ3) is 3.90. The minimum atomic E-state index is -0.471. The van der Waals surface area contributed by atoms with Gasteiger partial charge < -0.3 is 5.11 Å². The molecule has 138 valence electrons. The fourth-order valence-electron chi connectivity index (χ4n) is 2.76.